The van der Waals surface area contributed by atoms with Crippen LogP contribution in [-0.2, 0) is 22.4 Å². The molecule has 3 aromatic carbocycles. The normalized spacial score (nSPS) is 16.4. The summed E-state index contributed by atoms with van der Waals surface area (Å²) in [4.78, 5) is 66.3. The van der Waals surface area contributed by atoms with Crippen molar-refractivity contribution in [2.24, 2.45) is 5.92 Å². The Morgan fingerprint density at radius 3 is 2.24 bits per heavy atom. The van der Waals surface area contributed by atoms with E-state index in [0.29, 0.717) is 34.1 Å². The molecule has 0 saturated carbocycles. The first-order valence-electron chi connectivity index (χ1n) is 15.9. The second-order valence-electron chi connectivity index (χ2n) is 11.7. The lowest BCUT2D eigenvalue weighted by Gasteiger charge is -2.31. The van der Waals surface area contributed by atoms with Crippen molar-refractivity contribution in [1.29, 1.82) is 0 Å². The van der Waals surface area contributed by atoms with E-state index in [9.17, 15) is 34.4 Å². The third kappa shape index (κ3) is 8.60. The van der Waals surface area contributed by atoms with Crippen molar-refractivity contribution in [2.75, 3.05) is 35.0 Å². The van der Waals surface area contributed by atoms with Crippen molar-refractivity contribution >= 4 is 41.1 Å². The topological polar surface area (TPSA) is 196 Å². The summed E-state index contributed by atoms with van der Waals surface area (Å²) in [7, 11) is 5.76. The molecule has 16 heteroatoms. The van der Waals surface area contributed by atoms with Crippen molar-refractivity contribution in [3.05, 3.63) is 85.9 Å². The molecule has 0 unspecified atom stereocenters. The number of urea groups is 1. The zero-order valence-corrected chi connectivity index (χ0v) is 29.4. The lowest BCUT2D eigenvalue weighted by molar-refractivity contribution is -0.385. The Kier molecular flexibility index (Phi) is 12.7. The molecule has 1 aliphatic heterocycles. The first-order valence-corrected chi connectivity index (χ1v) is 16.3. The van der Waals surface area contributed by atoms with Gasteiger partial charge in [0.2, 0.25) is 11.8 Å². The fourth-order valence-electron chi connectivity index (χ4n) is 6.05. The number of hydrogen-bond acceptors (Lipinski definition) is 10. The number of carboxylic acids is 1. The largest absolute Gasteiger partial charge is 0.496 e. The monoisotopic (exact) mass is 726 g/mol. The van der Waals surface area contributed by atoms with Crippen molar-refractivity contribution in [2.45, 2.75) is 44.7 Å². The molecule has 1 heterocycles. The molecule has 1 aliphatic rings. The highest BCUT2D eigenvalue weighted by Gasteiger charge is 2.43. The number of methoxy groups -OCH3 is 4. The molecule has 272 valence electrons. The number of aromatic carboxylic acids is 1. The van der Waals surface area contributed by atoms with Gasteiger partial charge >= 0.3 is 12.0 Å². The maximum Gasteiger partial charge on any atom is 0.342 e. The van der Waals surface area contributed by atoms with Gasteiger partial charge in [-0.2, -0.15) is 0 Å². The van der Waals surface area contributed by atoms with Gasteiger partial charge in [-0.3, -0.25) is 24.6 Å². The summed E-state index contributed by atoms with van der Waals surface area (Å²) < 4.78 is 22.0. The van der Waals surface area contributed by atoms with Gasteiger partial charge in [0.05, 0.1) is 45.3 Å². The maximum atomic E-state index is 14.5. The Balaban J connectivity index is 1.81. The molecule has 0 radical (unpaired) electrons. The van der Waals surface area contributed by atoms with Crippen LogP contribution in [0.2, 0.25) is 5.02 Å². The predicted octanol–water partition coefficient (Wildman–Crippen LogP) is 4.96. The number of carbonyl (C=O) groups excluding carboxylic acids is 3. The maximum absolute atomic E-state index is 14.5. The van der Waals surface area contributed by atoms with Gasteiger partial charge in [0, 0.05) is 41.8 Å². The standard InChI is InChI=1S/C35H39ClN4O11/c1-6-7-26(19-8-10-24(34(43)44)27(14-19)40(46)47)38-35(45)39-28(17-25-30(50-4)15-23(48-2)16-31(25)51-5)32(41)37-18-21(33(39)42)12-20-13-22(36)9-11-29(20)49-3/h8-11,13-16,21,26,28H,6-7,12,17-18H2,1-5H3,(H,37,41)(H,38,45)(H,43,44)/t21-,26+,28-/m0/s1. The average Bonchev–Trinajstić information content (AvgIpc) is 3.22. The minimum atomic E-state index is -1.49. The van der Waals surface area contributed by atoms with E-state index in [1.165, 1.54) is 34.5 Å². The number of ether oxygens (including phenoxy) is 4. The molecule has 4 amide bonds. The summed E-state index contributed by atoms with van der Waals surface area (Å²) in [5.74, 6) is -2.32. The molecule has 0 aliphatic carbocycles. The zero-order valence-electron chi connectivity index (χ0n) is 28.7. The van der Waals surface area contributed by atoms with E-state index in [0.717, 1.165) is 17.0 Å². The first-order chi connectivity index (χ1) is 24.4. The van der Waals surface area contributed by atoms with Crippen LogP contribution in [0.25, 0.3) is 0 Å². The second kappa shape index (κ2) is 16.9. The number of hydrogen-bond donors (Lipinski definition) is 3. The summed E-state index contributed by atoms with van der Waals surface area (Å²) >= 11 is 6.27. The molecule has 51 heavy (non-hydrogen) atoms. The van der Waals surface area contributed by atoms with Crippen LogP contribution in [-0.4, -0.2) is 79.8 Å². The Labute approximate surface area is 298 Å². The van der Waals surface area contributed by atoms with Crippen molar-refractivity contribution < 1.29 is 48.2 Å². The number of nitrogens with one attached hydrogen (secondary N) is 2. The highest BCUT2D eigenvalue weighted by molar-refractivity contribution is 6.30. The van der Waals surface area contributed by atoms with Gasteiger partial charge in [0.1, 0.15) is 34.6 Å². The number of imide groups is 1. The van der Waals surface area contributed by atoms with Gasteiger partial charge < -0.3 is 34.7 Å². The van der Waals surface area contributed by atoms with Crippen LogP contribution in [0, 0.1) is 16.0 Å². The summed E-state index contributed by atoms with van der Waals surface area (Å²) in [5, 5.41) is 27.2. The molecule has 15 nitrogen and oxygen atoms in total. The average molecular weight is 727 g/mol. The second-order valence-corrected chi connectivity index (χ2v) is 12.1. The van der Waals surface area contributed by atoms with Crippen LogP contribution in [0.5, 0.6) is 23.0 Å². The number of benzene rings is 3. The van der Waals surface area contributed by atoms with Gasteiger partial charge in [0.15, 0.2) is 0 Å². The van der Waals surface area contributed by atoms with Crippen LogP contribution in [0.3, 0.4) is 0 Å². The Hall–Kier alpha value is -5.57. The fraction of sp³-hybridized carbons (Fsp3) is 0.371. The van der Waals surface area contributed by atoms with E-state index in [1.54, 1.807) is 30.3 Å². The van der Waals surface area contributed by atoms with E-state index in [1.807, 2.05) is 6.92 Å². The summed E-state index contributed by atoms with van der Waals surface area (Å²) in [6.45, 7) is 1.70. The van der Waals surface area contributed by atoms with E-state index in [2.05, 4.69) is 10.6 Å². The number of nitro benzene ring substituents is 1. The summed E-state index contributed by atoms with van der Waals surface area (Å²) in [6.07, 6.45) is 0.591. The van der Waals surface area contributed by atoms with Crippen molar-refractivity contribution in [3.8, 4) is 23.0 Å². The molecule has 3 aromatic rings. The van der Waals surface area contributed by atoms with Gasteiger partial charge in [-0.05, 0) is 48.2 Å². The number of carbonyl (C=O) groups is 4. The summed E-state index contributed by atoms with van der Waals surface area (Å²) in [5.41, 5.74) is 0.0130. The molecular weight excluding hydrogens is 688 g/mol. The number of rotatable bonds is 14. The molecule has 1 saturated heterocycles. The van der Waals surface area contributed by atoms with Crippen molar-refractivity contribution in [1.82, 2.24) is 15.5 Å². The van der Waals surface area contributed by atoms with E-state index < -0.39 is 58.0 Å². The lowest BCUT2D eigenvalue weighted by Crippen LogP contribution is -2.55. The number of carboxylic acid groups (broad SMARTS) is 1. The van der Waals surface area contributed by atoms with Crippen molar-refractivity contribution in [3.63, 3.8) is 0 Å². The molecule has 3 atom stereocenters. The molecule has 3 N–H and O–H groups in total. The molecule has 0 spiro atoms. The molecule has 1 fully saturated rings. The van der Waals surface area contributed by atoms with Gasteiger partial charge in [-0.15, -0.1) is 0 Å². The number of nitro groups is 1. The quantitative estimate of drug-likeness (QED) is 0.150. The smallest absolute Gasteiger partial charge is 0.342 e. The van der Waals surface area contributed by atoms with Gasteiger partial charge in [0.25, 0.3) is 5.69 Å². The molecule has 0 bridgehead atoms. The van der Waals surface area contributed by atoms with E-state index >= 15 is 0 Å². The molecular formula is C35H39ClN4O11. The molecule has 4 rings (SSSR count). The van der Waals surface area contributed by atoms with E-state index in [-0.39, 0.29) is 42.9 Å². The summed E-state index contributed by atoms with van der Waals surface area (Å²) in [6, 6.07) is 8.37. The van der Waals surface area contributed by atoms with Gasteiger partial charge in [-0.25, -0.2) is 9.59 Å². The number of amides is 4. The highest BCUT2D eigenvalue weighted by atomic mass is 35.5. The third-order valence-electron chi connectivity index (χ3n) is 8.59. The zero-order chi connectivity index (χ0) is 37.4. The minimum absolute atomic E-state index is 0.0513. The third-order valence-corrected chi connectivity index (χ3v) is 8.83. The molecule has 0 aromatic heterocycles. The fourth-order valence-corrected chi connectivity index (χ4v) is 6.25. The van der Waals surface area contributed by atoms with Crippen LogP contribution in [0.1, 0.15) is 52.9 Å². The number of halogens is 1. The van der Waals surface area contributed by atoms with Crippen LogP contribution < -0.4 is 29.6 Å². The van der Waals surface area contributed by atoms with Crippen LogP contribution >= 0.6 is 11.6 Å². The highest BCUT2D eigenvalue weighted by Crippen LogP contribution is 2.37. The predicted molar refractivity (Wildman–Crippen MR) is 185 cm³/mol. The SMILES string of the molecule is CCC[C@@H](NC(=O)N1C(=O)[C@@H](Cc2cc(Cl)ccc2OC)CNC(=O)[C@@H]1Cc1c(OC)cc(OC)cc1OC)c1ccc(C(=O)O)c([N+](=O)[O-])c1. The van der Waals surface area contributed by atoms with Crippen LogP contribution in [0.15, 0.2) is 48.5 Å². The Bertz CT molecular complexity index is 1790. The first kappa shape index (κ1) is 38.2. The van der Waals surface area contributed by atoms with E-state index in [4.69, 9.17) is 30.5 Å². The minimum Gasteiger partial charge on any atom is -0.496 e. The Morgan fingerprint density at radius 1 is 1.00 bits per heavy atom. The lowest BCUT2D eigenvalue weighted by atomic mass is 9.96. The van der Waals surface area contributed by atoms with Gasteiger partial charge in [-0.1, -0.05) is 31.0 Å². The number of nitrogens with zero attached hydrogens (tertiary/aromatic N) is 2. The van der Waals surface area contributed by atoms with Crippen LogP contribution in [0.4, 0.5) is 10.5 Å². The Morgan fingerprint density at radius 2 is 1.67 bits per heavy atom.